The van der Waals surface area contributed by atoms with Gasteiger partial charge >= 0.3 is 0 Å². The fraction of sp³-hybridized carbons (Fsp3) is 0.611. The molecule has 2 N–H and O–H groups in total. The predicted molar refractivity (Wildman–Crippen MR) is 85.0 cm³/mol. The lowest BCUT2D eigenvalue weighted by Crippen LogP contribution is -2.45. The molecule has 1 aromatic carbocycles. The molecule has 1 fully saturated rings. The van der Waals surface area contributed by atoms with Crippen LogP contribution in [-0.4, -0.2) is 23.2 Å². The van der Waals surface area contributed by atoms with Gasteiger partial charge in [0.25, 0.3) is 0 Å². The molecule has 1 saturated carbocycles. The summed E-state index contributed by atoms with van der Waals surface area (Å²) in [4.78, 5) is 12.3. The number of aliphatic hydroxyl groups is 1. The van der Waals surface area contributed by atoms with Crippen LogP contribution in [0, 0.1) is 5.92 Å². The van der Waals surface area contributed by atoms with Crippen LogP contribution in [-0.2, 0) is 4.79 Å². The van der Waals surface area contributed by atoms with Crippen molar-refractivity contribution in [3.05, 3.63) is 35.9 Å². The van der Waals surface area contributed by atoms with Gasteiger partial charge in [-0.15, -0.1) is 0 Å². The minimum absolute atomic E-state index is 0.0588. The Morgan fingerprint density at radius 1 is 1.24 bits per heavy atom. The van der Waals surface area contributed by atoms with Crippen LogP contribution < -0.4 is 5.32 Å². The van der Waals surface area contributed by atoms with Crippen LogP contribution in [0.4, 0.5) is 0 Å². The van der Waals surface area contributed by atoms with E-state index in [1.54, 1.807) is 0 Å². The smallest absolute Gasteiger partial charge is 0.220 e. The predicted octanol–water partition coefficient (Wildman–Crippen LogP) is 3.24. The van der Waals surface area contributed by atoms with E-state index in [1.165, 1.54) is 5.56 Å². The van der Waals surface area contributed by atoms with Crippen LogP contribution in [0.2, 0.25) is 0 Å². The molecule has 0 radical (unpaired) electrons. The molecule has 0 spiro atoms. The van der Waals surface area contributed by atoms with Crippen molar-refractivity contribution in [1.29, 1.82) is 0 Å². The highest BCUT2D eigenvalue weighted by Gasteiger charge is 2.26. The van der Waals surface area contributed by atoms with Gasteiger partial charge in [0.1, 0.15) is 0 Å². The summed E-state index contributed by atoms with van der Waals surface area (Å²) in [5.41, 5.74) is 1.21. The summed E-state index contributed by atoms with van der Waals surface area (Å²) in [6, 6.07) is 10.2. The minimum atomic E-state index is -0.378. The third kappa shape index (κ3) is 4.57. The fourth-order valence-corrected chi connectivity index (χ4v) is 3.18. The van der Waals surface area contributed by atoms with Gasteiger partial charge in [-0.2, -0.15) is 0 Å². The number of benzene rings is 1. The van der Waals surface area contributed by atoms with Gasteiger partial charge in [0.05, 0.1) is 12.1 Å². The molecule has 1 aliphatic carbocycles. The first-order valence-electron chi connectivity index (χ1n) is 8.10. The number of hydrogen-bond acceptors (Lipinski definition) is 2. The Bertz CT molecular complexity index is 444. The molecule has 3 heteroatoms. The summed E-state index contributed by atoms with van der Waals surface area (Å²) in [5.74, 6) is 0.699. The Morgan fingerprint density at radius 2 is 1.90 bits per heavy atom. The number of carbonyl (C=O) groups excluding carboxylic acids is 1. The Labute approximate surface area is 127 Å². The molecule has 0 aliphatic heterocycles. The van der Waals surface area contributed by atoms with Gasteiger partial charge in [-0.1, -0.05) is 57.0 Å². The molecule has 3 unspecified atom stereocenters. The van der Waals surface area contributed by atoms with Crippen molar-refractivity contribution >= 4 is 5.91 Å². The molecule has 0 saturated heterocycles. The van der Waals surface area contributed by atoms with E-state index >= 15 is 0 Å². The standard InChI is InChI=1S/C18H27NO2/c1-13(2)15(14-8-4-3-5-9-14)12-18(21)19-16-10-6-7-11-17(16)20/h3-5,8-9,13,15-17,20H,6-7,10-12H2,1-2H3,(H,19,21). The Hall–Kier alpha value is -1.35. The highest BCUT2D eigenvalue weighted by molar-refractivity contribution is 5.77. The summed E-state index contributed by atoms with van der Waals surface area (Å²) in [5, 5.41) is 13.0. The van der Waals surface area contributed by atoms with Gasteiger partial charge in [-0.05, 0) is 30.2 Å². The van der Waals surface area contributed by atoms with Crippen molar-refractivity contribution in [3.63, 3.8) is 0 Å². The monoisotopic (exact) mass is 289 g/mol. The van der Waals surface area contributed by atoms with E-state index in [2.05, 4.69) is 31.3 Å². The number of hydrogen-bond donors (Lipinski definition) is 2. The quantitative estimate of drug-likeness (QED) is 0.874. The van der Waals surface area contributed by atoms with E-state index in [1.807, 2.05) is 18.2 Å². The van der Waals surface area contributed by atoms with E-state index < -0.39 is 0 Å². The average molecular weight is 289 g/mol. The average Bonchev–Trinajstić information content (AvgIpc) is 2.48. The van der Waals surface area contributed by atoms with E-state index in [4.69, 9.17) is 0 Å². The second-order valence-corrected chi connectivity index (χ2v) is 6.49. The fourth-order valence-electron chi connectivity index (χ4n) is 3.18. The SMILES string of the molecule is CC(C)C(CC(=O)NC1CCCCC1O)c1ccccc1. The third-order valence-electron chi connectivity index (χ3n) is 4.51. The maximum Gasteiger partial charge on any atom is 0.220 e. The maximum absolute atomic E-state index is 12.3. The molecule has 1 aromatic rings. The van der Waals surface area contributed by atoms with Crippen molar-refractivity contribution < 1.29 is 9.90 Å². The van der Waals surface area contributed by atoms with Gasteiger partial charge in [-0.25, -0.2) is 0 Å². The molecule has 1 amide bonds. The van der Waals surface area contributed by atoms with E-state index in [9.17, 15) is 9.90 Å². The van der Waals surface area contributed by atoms with Crippen molar-refractivity contribution in [1.82, 2.24) is 5.32 Å². The molecule has 0 aromatic heterocycles. The van der Waals surface area contributed by atoms with Crippen molar-refractivity contribution in [2.24, 2.45) is 5.92 Å². The zero-order valence-electron chi connectivity index (χ0n) is 13.1. The molecular formula is C18H27NO2. The van der Waals surface area contributed by atoms with E-state index in [-0.39, 0.29) is 24.0 Å². The zero-order valence-corrected chi connectivity index (χ0v) is 13.1. The molecule has 3 nitrogen and oxygen atoms in total. The maximum atomic E-state index is 12.3. The third-order valence-corrected chi connectivity index (χ3v) is 4.51. The lowest BCUT2D eigenvalue weighted by atomic mass is 9.85. The normalized spacial score (nSPS) is 23.8. The first kappa shape index (κ1) is 16.0. The van der Waals surface area contributed by atoms with Gasteiger partial charge in [0, 0.05) is 6.42 Å². The number of rotatable bonds is 5. The second kappa shape index (κ2) is 7.60. The molecule has 2 rings (SSSR count). The van der Waals surface area contributed by atoms with Crippen LogP contribution in [0.1, 0.15) is 57.4 Å². The van der Waals surface area contributed by atoms with Gasteiger partial charge in [0.2, 0.25) is 5.91 Å². The first-order valence-corrected chi connectivity index (χ1v) is 8.10. The number of carbonyl (C=O) groups is 1. The molecule has 0 bridgehead atoms. The summed E-state index contributed by atoms with van der Waals surface area (Å²) < 4.78 is 0. The summed E-state index contributed by atoms with van der Waals surface area (Å²) in [7, 11) is 0. The Morgan fingerprint density at radius 3 is 2.52 bits per heavy atom. The van der Waals surface area contributed by atoms with Crippen molar-refractivity contribution in [2.45, 2.75) is 64.0 Å². The highest BCUT2D eigenvalue weighted by atomic mass is 16.3. The lowest BCUT2D eigenvalue weighted by Gasteiger charge is -2.29. The van der Waals surface area contributed by atoms with Crippen LogP contribution in [0.5, 0.6) is 0 Å². The van der Waals surface area contributed by atoms with Crippen LogP contribution in [0.25, 0.3) is 0 Å². The van der Waals surface area contributed by atoms with Crippen LogP contribution >= 0.6 is 0 Å². The van der Waals surface area contributed by atoms with Gasteiger partial charge in [0.15, 0.2) is 0 Å². The topological polar surface area (TPSA) is 49.3 Å². The van der Waals surface area contributed by atoms with E-state index in [0.717, 1.165) is 25.7 Å². The molecule has 0 heterocycles. The molecule has 116 valence electrons. The number of aliphatic hydroxyl groups excluding tert-OH is 1. The number of nitrogens with one attached hydrogen (secondary N) is 1. The minimum Gasteiger partial charge on any atom is -0.391 e. The lowest BCUT2D eigenvalue weighted by molar-refractivity contribution is -0.123. The zero-order chi connectivity index (χ0) is 15.2. The van der Waals surface area contributed by atoms with Crippen LogP contribution in [0.3, 0.4) is 0 Å². The highest BCUT2D eigenvalue weighted by Crippen LogP contribution is 2.28. The Balaban J connectivity index is 1.95. The first-order chi connectivity index (χ1) is 10.1. The Kier molecular flexibility index (Phi) is 5.80. The largest absolute Gasteiger partial charge is 0.391 e. The van der Waals surface area contributed by atoms with Gasteiger partial charge < -0.3 is 10.4 Å². The second-order valence-electron chi connectivity index (χ2n) is 6.49. The molecular weight excluding hydrogens is 262 g/mol. The molecule has 1 aliphatic rings. The van der Waals surface area contributed by atoms with Crippen molar-refractivity contribution in [2.75, 3.05) is 0 Å². The van der Waals surface area contributed by atoms with Crippen LogP contribution in [0.15, 0.2) is 30.3 Å². The number of amides is 1. The molecule has 21 heavy (non-hydrogen) atoms. The van der Waals surface area contributed by atoms with Crippen molar-refractivity contribution in [3.8, 4) is 0 Å². The summed E-state index contributed by atoms with van der Waals surface area (Å²) in [6.45, 7) is 4.31. The molecule has 3 atom stereocenters. The summed E-state index contributed by atoms with van der Waals surface area (Å²) in [6.07, 6.45) is 3.96. The van der Waals surface area contributed by atoms with Gasteiger partial charge in [-0.3, -0.25) is 4.79 Å². The summed E-state index contributed by atoms with van der Waals surface area (Å²) >= 11 is 0. The van der Waals surface area contributed by atoms with E-state index in [0.29, 0.717) is 12.3 Å².